The van der Waals surface area contributed by atoms with Crippen molar-refractivity contribution in [1.82, 2.24) is 15.1 Å². The highest BCUT2D eigenvalue weighted by atomic mass is 15.2. The van der Waals surface area contributed by atoms with Gasteiger partial charge in [0, 0.05) is 38.3 Å². The molecule has 1 rings (SSSR count). The zero-order valence-electron chi connectivity index (χ0n) is 11.3. The van der Waals surface area contributed by atoms with E-state index in [0.29, 0.717) is 6.04 Å². The van der Waals surface area contributed by atoms with Gasteiger partial charge in [0.05, 0.1) is 0 Å². The Morgan fingerprint density at radius 1 is 1.50 bits per heavy atom. The molecule has 3 heteroatoms. The summed E-state index contributed by atoms with van der Waals surface area (Å²) in [5, 5.41) is 3.42. The average molecular weight is 225 g/mol. The van der Waals surface area contributed by atoms with Crippen LogP contribution in [-0.4, -0.2) is 62.2 Å². The molecule has 0 amide bonds. The highest BCUT2D eigenvalue weighted by Crippen LogP contribution is 2.13. The molecule has 3 nitrogen and oxygen atoms in total. The Hall–Kier alpha value is -0.380. The molecule has 0 aliphatic carbocycles. The summed E-state index contributed by atoms with van der Waals surface area (Å²) in [6.07, 6.45) is 1.29. The Labute approximate surface area is 100 Å². The van der Waals surface area contributed by atoms with Gasteiger partial charge in [-0.05, 0) is 26.1 Å². The third-order valence-corrected chi connectivity index (χ3v) is 3.19. The molecule has 0 radical (unpaired) electrons. The smallest absolute Gasteiger partial charge is 0.0229 e. The number of hydrogen-bond acceptors (Lipinski definition) is 3. The number of likely N-dealkylation sites (N-methyl/N-ethyl adjacent to an activating group) is 1. The van der Waals surface area contributed by atoms with Crippen LogP contribution in [0.4, 0.5) is 0 Å². The lowest BCUT2D eigenvalue weighted by molar-refractivity contribution is 0.277. The van der Waals surface area contributed by atoms with Crippen molar-refractivity contribution < 1.29 is 0 Å². The second-order valence-electron chi connectivity index (χ2n) is 5.43. The first-order valence-corrected chi connectivity index (χ1v) is 6.28. The SMILES string of the molecule is C=C(CNC(C)C)CN1CCC(N(C)C)C1. The van der Waals surface area contributed by atoms with Crippen molar-refractivity contribution in [2.24, 2.45) is 0 Å². The Kier molecular flexibility index (Phi) is 5.46. The maximum Gasteiger partial charge on any atom is 0.0229 e. The monoisotopic (exact) mass is 225 g/mol. The predicted octanol–water partition coefficient (Wildman–Crippen LogP) is 1.18. The summed E-state index contributed by atoms with van der Waals surface area (Å²) in [5.41, 5.74) is 1.30. The lowest BCUT2D eigenvalue weighted by Gasteiger charge is -2.21. The summed E-state index contributed by atoms with van der Waals surface area (Å²) in [4.78, 5) is 4.84. The molecule has 0 bridgehead atoms. The third kappa shape index (κ3) is 4.64. The fraction of sp³-hybridized carbons (Fsp3) is 0.846. The first-order chi connectivity index (χ1) is 7.49. The molecule has 1 heterocycles. The molecule has 1 aliphatic rings. The lowest BCUT2D eigenvalue weighted by Crippen LogP contribution is -2.34. The van der Waals surface area contributed by atoms with Gasteiger partial charge in [-0.3, -0.25) is 4.90 Å². The second kappa shape index (κ2) is 6.38. The van der Waals surface area contributed by atoms with Gasteiger partial charge >= 0.3 is 0 Å². The molecule has 16 heavy (non-hydrogen) atoms. The van der Waals surface area contributed by atoms with Crippen molar-refractivity contribution in [1.29, 1.82) is 0 Å². The topological polar surface area (TPSA) is 18.5 Å². The van der Waals surface area contributed by atoms with Gasteiger partial charge in [-0.15, -0.1) is 0 Å². The van der Waals surface area contributed by atoms with Gasteiger partial charge in [-0.25, -0.2) is 0 Å². The van der Waals surface area contributed by atoms with Crippen LogP contribution in [0, 0.1) is 0 Å². The minimum Gasteiger partial charge on any atom is -0.311 e. The van der Waals surface area contributed by atoms with E-state index in [-0.39, 0.29) is 0 Å². The van der Waals surface area contributed by atoms with E-state index < -0.39 is 0 Å². The highest BCUT2D eigenvalue weighted by molar-refractivity contribution is 5.01. The zero-order chi connectivity index (χ0) is 12.1. The number of likely N-dealkylation sites (tertiary alicyclic amines) is 1. The Morgan fingerprint density at radius 3 is 2.69 bits per heavy atom. The van der Waals surface area contributed by atoms with Crippen LogP contribution in [0.25, 0.3) is 0 Å². The van der Waals surface area contributed by atoms with E-state index in [1.807, 2.05) is 0 Å². The van der Waals surface area contributed by atoms with E-state index in [4.69, 9.17) is 0 Å². The number of hydrogen-bond donors (Lipinski definition) is 1. The first-order valence-electron chi connectivity index (χ1n) is 6.28. The van der Waals surface area contributed by atoms with Gasteiger partial charge in [-0.1, -0.05) is 20.4 Å². The first kappa shape index (κ1) is 13.7. The molecule has 1 fully saturated rings. The Balaban J connectivity index is 2.21. The molecular formula is C13H27N3. The van der Waals surface area contributed by atoms with Crippen LogP contribution < -0.4 is 5.32 Å². The summed E-state index contributed by atoms with van der Waals surface area (Å²) in [5.74, 6) is 0. The van der Waals surface area contributed by atoms with Crippen molar-refractivity contribution in [3.05, 3.63) is 12.2 Å². The third-order valence-electron chi connectivity index (χ3n) is 3.19. The number of nitrogens with zero attached hydrogens (tertiary/aromatic N) is 2. The van der Waals surface area contributed by atoms with Gasteiger partial charge in [0.1, 0.15) is 0 Å². The van der Waals surface area contributed by atoms with Gasteiger partial charge < -0.3 is 10.2 Å². The fourth-order valence-corrected chi connectivity index (χ4v) is 2.10. The maximum absolute atomic E-state index is 4.14. The molecule has 0 saturated carbocycles. The summed E-state index contributed by atoms with van der Waals surface area (Å²) >= 11 is 0. The predicted molar refractivity (Wildman–Crippen MR) is 70.8 cm³/mol. The van der Waals surface area contributed by atoms with Gasteiger partial charge in [0.25, 0.3) is 0 Å². The molecule has 1 aliphatic heterocycles. The summed E-state index contributed by atoms with van der Waals surface area (Å²) in [6, 6.07) is 1.27. The summed E-state index contributed by atoms with van der Waals surface area (Å²) < 4.78 is 0. The number of rotatable bonds is 6. The molecule has 0 spiro atoms. The van der Waals surface area contributed by atoms with Crippen LogP contribution in [0.5, 0.6) is 0 Å². The number of nitrogens with one attached hydrogen (secondary N) is 1. The molecule has 1 unspecified atom stereocenters. The van der Waals surface area contributed by atoms with E-state index >= 15 is 0 Å². The molecule has 0 aromatic heterocycles. The average Bonchev–Trinajstić information content (AvgIpc) is 2.63. The molecule has 1 atom stereocenters. The van der Waals surface area contributed by atoms with Crippen molar-refractivity contribution in [2.45, 2.75) is 32.4 Å². The van der Waals surface area contributed by atoms with Crippen LogP contribution in [0.15, 0.2) is 12.2 Å². The van der Waals surface area contributed by atoms with E-state index in [1.165, 1.54) is 25.1 Å². The second-order valence-corrected chi connectivity index (χ2v) is 5.43. The van der Waals surface area contributed by atoms with E-state index in [9.17, 15) is 0 Å². The van der Waals surface area contributed by atoms with Crippen LogP contribution in [0.2, 0.25) is 0 Å². The summed E-state index contributed by atoms with van der Waals surface area (Å²) in [7, 11) is 4.34. The molecule has 0 aromatic rings. The van der Waals surface area contributed by atoms with E-state index in [1.54, 1.807) is 0 Å². The molecule has 0 aromatic carbocycles. The Morgan fingerprint density at radius 2 is 2.19 bits per heavy atom. The fourth-order valence-electron chi connectivity index (χ4n) is 2.10. The normalized spacial score (nSPS) is 22.2. The van der Waals surface area contributed by atoms with Crippen LogP contribution in [0.1, 0.15) is 20.3 Å². The van der Waals surface area contributed by atoms with Crippen LogP contribution in [0.3, 0.4) is 0 Å². The minimum atomic E-state index is 0.546. The minimum absolute atomic E-state index is 0.546. The molecule has 1 N–H and O–H groups in total. The lowest BCUT2D eigenvalue weighted by atomic mass is 10.2. The van der Waals surface area contributed by atoms with Crippen molar-refractivity contribution in [3.63, 3.8) is 0 Å². The van der Waals surface area contributed by atoms with E-state index in [0.717, 1.165) is 19.1 Å². The highest BCUT2D eigenvalue weighted by Gasteiger charge is 2.23. The largest absolute Gasteiger partial charge is 0.311 e. The van der Waals surface area contributed by atoms with Crippen LogP contribution >= 0.6 is 0 Å². The molecule has 94 valence electrons. The van der Waals surface area contributed by atoms with Gasteiger partial charge in [-0.2, -0.15) is 0 Å². The van der Waals surface area contributed by atoms with Gasteiger partial charge in [0.15, 0.2) is 0 Å². The standard InChI is InChI=1S/C13H27N3/c1-11(2)14-8-12(3)9-16-7-6-13(10-16)15(4)5/h11,13-14H,3,6-10H2,1-2,4-5H3. The molecular weight excluding hydrogens is 198 g/mol. The van der Waals surface area contributed by atoms with Gasteiger partial charge in [0.2, 0.25) is 0 Å². The quantitative estimate of drug-likeness (QED) is 0.685. The van der Waals surface area contributed by atoms with Crippen LogP contribution in [-0.2, 0) is 0 Å². The van der Waals surface area contributed by atoms with E-state index in [2.05, 4.69) is 49.6 Å². The summed E-state index contributed by atoms with van der Waals surface area (Å²) in [6.45, 7) is 12.9. The Bertz CT molecular complexity index is 223. The molecule has 1 saturated heterocycles. The zero-order valence-corrected chi connectivity index (χ0v) is 11.3. The van der Waals surface area contributed by atoms with Crippen molar-refractivity contribution >= 4 is 0 Å². The van der Waals surface area contributed by atoms with Crippen molar-refractivity contribution in [2.75, 3.05) is 40.3 Å². The maximum atomic E-state index is 4.14. The van der Waals surface area contributed by atoms with Crippen molar-refractivity contribution in [3.8, 4) is 0 Å².